The van der Waals surface area contributed by atoms with Crippen molar-refractivity contribution in [3.8, 4) is 0 Å². The van der Waals surface area contributed by atoms with Crippen molar-refractivity contribution in [3.63, 3.8) is 0 Å². The van der Waals surface area contributed by atoms with Crippen LogP contribution in [0.25, 0.3) is 5.20 Å². The lowest BCUT2D eigenvalue weighted by molar-refractivity contribution is 0.420. The standard InChI is InChI=1S/C18H30OSi2/c1-8-20(4,5)18(17-13-11-10-12-14-17)15-16(3)19-21(6,7)9-2/h10-14H,8-9H2,1-7H3. The average molecular weight is 319 g/mol. The van der Waals surface area contributed by atoms with Crippen molar-refractivity contribution in [2.24, 2.45) is 0 Å². The highest BCUT2D eigenvalue weighted by molar-refractivity contribution is 6.94. The summed E-state index contributed by atoms with van der Waals surface area (Å²) < 4.78 is 6.22. The summed E-state index contributed by atoms with van der Waals surface area (Å²) in [7, 11) is -3.05. The molecule has 1 aromatic carbocycles. The molecule has 0 saturated heterocycles. The Bertz CT molecular complexity index is 523. The number of hydrogen-bond donors (Lipinski definition) is 0. The molecule has 0 bridgehead atoms. The molecule has 0 amide bonds. The van der Waals surface area contributed by atoms with Gasteiger partial charge in [0.25, 0.3) is 0 Å². The minimum Gasteiger partial charge on any atom is -0.542 e. The van der Waals surface area contributed by atoms with Crippen LogP contribution in [0.4, 0.5) is 0 Å². The first-order valence-electron chi connectivity index (χ1n) is 7.94. The summed E-state index contributed by atoms with van der Waals surface area (Å²) in [5, 5.41) is 1.38. The number of rotatable bonds is 6. The van der Waals surface area contributed by atoms with Crippen LogP contribution in [0, 0.1) is 0 Å². The topological polar surface area (TPSA) is 9.23 Å². The second-order valence-electron chi connectivity index (χ2n) is 6.87. The van der Waals surface area contributed by atoms with E-state index in [0.717, 1.165) is 11.8 Å². The van der Waals surface area contributed by atoms with Crippen molar-refractivity contribution in [2.75, 3.05) is 0 Å². The molecule has 3 heteroatoms. The zero-order chi connectivity index (χ0) is 16.1. The average Bonchev–Trinajstić information content (AvgIpc) is 2.45. The molecule has 1 aromatic rings. The Morgan fingerprint density at radius 1 is 1.00 bits per heavy atom. The molecule has 1 nitrogen and oxygen atoms in total. The number of benzene rings is 1. The van der Waals surface area contributed by atoms with Crippen LogP contribution in [0.3, 0.4) is 0 Å². The normalized spacial score (nSPS) is 11.8. The first-order valence-corrected chi connectivity index (χ1v) is 14.3. The molecule has 0 fully saturated rings. The molecule has 0 saturated carbocycles. The van der Waals surface area contributed by atoms with E-state index in [1.54, 1.807) is 0 Å². The van der Waals surface area contributed by atoms with Gasteiger partial charge in [-0.1, -0.05) is 69.0 Å². The van der Waals surface area contributed by atoms with Crippen LogP contribution >= 0.6 is 0 Å². The fourth-order valence-electron chi connectivity index (χ4n) is 2.10. The number of hydrogen-bond acceptors (Lipinski definition) is 1. The van der Waals surface area contributed by atoms with Crippen molar-refractivity contribution in [2.45, 2.75) is 59.0 Å². The smallest absolute Gasteiger partial charge is 0.245 e. The molecule has 0 atom stereocenters. The van der Waals surface area contributed by atoms with Crippen molar-refractivity contribution in [1.29, 1.82) is 0 Å². The lowest BCUT2D eigenvalue weighted by Gasteiger charge is -2.25. The van der Waals surface area contributed by atoms with E-state index in [2.05, 4.69) is 83.0 Å². The SMILES string of the molecule is CC[Si](C)(C)OC(C)=C=C(c1ccccc1)[Si](C)(C)CC. The predicted molar refractivity (Wildman–Crippen MR) is 99.6 cm³/mol. The van der Waals surface area contributed by atoms with E-state index in [1.807, 2.05) is 0 Å². The van der Waals surface area contributed by atoms with E-state index in [-0.39, 0.29) is 0 Å². The molecule has 116 valence electrons. The van der Waals surface area contributed by atoms with E-state index < -0.39 is 16.4 Å². The van der Waals surface area contributed by atoms with Gasteiger partial charge in [-0.25, -0.2) is 0 Å². The Labute approximate surface area is 132 Å². The summed E-state index contributed by atoms with van der Waals surface area (Å²) in [6.45, 7) is 15.9. The van der Waals surface area contributed by atoms with Gasteiger partial charge in [0.05, 0.1) is 8.07 Å². The van der Waals surface area contributed by atoms with Crippen molar-refractivity contribution < 1.29 is 4.43 Å². The molecule has 0 aromatic heterocycles. The van der Waals surface area contributed by atoms with Gasteiger partial charge in [0.2, 0.25) is 8.32 Å². The fourth-order valence-corrected chi connectivity index (χ4v) is 4.94. The first kappa shape index (κ1) is 18.0. The number of allylic oxidation sites excluding steroid dienone is 1. The first-order chi connectivity index (χ1) is 9.72. The molecule has 0 radical (unpaired) electrons. The van der Waals surface area contributed by atoms with Crippen LogP contribution in [0.2, 0.25) is 38.3 Å². The van der Waals surface area contributed by atoms with Crippen LogP contribution in [0.15, 0.2) is 41.8 Å². The third-order valence-electron chi connectivity index (χ3n) is 4.20. The van der Waals surface area contributed by atoms with Crippen LogP contribution in [-0.4, -0.2) is 16.4 Å². The van der Waals surface area contributed by atoms with Crippen LogP contribution in [0.5, 0.6) is 0 Å². The molecular formula is C18H30OSi2. The van der Waals surface area contributed by atoms with E-state index in [1.165, 1.54) is 16.8 Å². The third-order valence-corrected chi connectivity index (χ3v) is 10.3. The Hall–Kier alpha value is -1.03. The highest BCUT2D eigenvalue weighted by Gasteiger charge is 2.26. The van der Waals surface area contributed by atoms with E-state index in [4.69, 9.17) is 4.43 Å². The lowest BCUT2D eigenvalue weighted by Crippen LogP contribution is -2.28. The van der Waals surface area contributed by atoms with Crippen molar-refractivity contribution in [3.05, 3.63) is 47.4 Å². The molecular weight excluding hydrogens is 288 g/mol. The van der Waals surface area contributed by atoms with Gasteiger partial charge < -0.3 is 4.43 Å². The van der Waals surface area contributed by atoms with Crippen molar-refractivity contribution >= 4 is 21.6 Å². The van der Waals surface area contributed by atoms with Gasteiger partial charge in [-0.05, 0) is 36.8 Å². The predicted octanol–water partition coefficient (Wildman–Crippen LogP) is 6.08. The lowest BCUT2D eigenvalue weighted by atomic mass is 10.2. The van der Waals surface area contributed by atoms with Gasteiger partial charge in [-0.2, -0.15) is 0 Å². The minimum absolute atomic E-state index is 0.960. The fraction of sp³-hybridized carbons (Fsp3) is 0.500. The zero-order valence-corrected chi connectivity index (χ0v) is 16.7. The monoisotopic (exact) mass is 318 g/mol. The molecule has 0 aliphatic carbocycles. The van der Waals surface area contributed by atoms with Gasteiger partial charge in [0, 0.05) is 0 Å². The van der Waals surface area contributed by atoms with Gasteiger partial charge >= 0.3 is 0 Å². The Morgan fingerprint density at radius 3 is 2.05 bits per heavy atom. The van der Waals surface area contributed by atoms with Crippen molar-refractivity contribution in [1.82, 2.24) is 0 Å². The van der Waals surface area contributed by atoms with E-state index in [9.17, 15) is 0 Å². The summed E-state index contributed by atoms with van der Waals surface area (Å²) in [6, 6.07) is 13.0. The second-order valence-corrected chi connectivity index (χ2v) is 16.3. The largest absolute Gasteiger partial charge is 0.542 e. The highest BCUT2D eigenvalue weighted by atomic mass is 28.4. The van der Waals surface area contributed by atoms with E-state index in [0.29, 0.717) is 0 Å². The summed E-state index contributed by atoms with van der Waals surface area (Å²) in [5.74, 6) is 0.960. The molecule has 21 heavy (non-hydrogen) atoms. The molecule has 0 spiro atoms. The maximum absolute atomic E-state index is 6.22. The minimum atomic E-state index is -1.57. The molecule has 0 aliphatic rings. The summed E-state index contributed by atoms with van der Waals surface area (Å²) in [6.07, 6.45) is 0. The van der Waals surface area contributed by atoms with Crippen LogP contribution in [-0.2, 0) is 4.43 Å². The Kier molecular flexibility index (Phi) is 6.27. The molecule has 0 heterocycles. The summed E-state index contributed by atoms with van der Waals surface area (Å²) >= 11 is 0. The van der Waals surface area contributed by atoms with E-state index >= 15 is 0 Å². The Balaban J connectivity index is 3.34. The Morgan fingerprint density at radius 2 is 1.57 bits per heavy atom. The van der Waals surface area contributed by atoms with Crippen LogP contribution in [0.1, 0.15) is 26.3 Å². The molecule has 0 aliphatic heterocycles. The third kappa shape index (κ3) is 5.35. The van der Waals surface area contributed by atoms with Crippen LogP contribution < -0.4 is 0 Å². The zero-order valence-electron chi connectivity index (χ0n) is 14.7. The van der Waals surface area contributed by atoms with Gasteiger partial charge in [-0.15, -0.1) is 0 Å². The molecule has 0 N–H and O–H groups in total. The molecule has 1 rings (SSSR count). The highest BCUT2D eigenvalue weighted by Crippen LogP contribution is 2.29. The summed E-state index contributed by atoms with van der Waals surface area (Å²) in [5.41, 5.74) is 4.92. The second kappa shape index (κ2) is 7.30. The maximum atomic E-state index is 6.22. The van der Waals surface area contributed by atoms with Gasteiger partial charge in [-0.3, -0.25) is 0 Å². The maximum Gasteiger partial charge on any atom is 0.245 e. The van der Waals surface area contributed by atoms with Gasteiger partial charge in [0.1, 0.15) is 5.76 Å². The summed E-state index contributed by atoms with van der Waals surface area (Å²) in [4.78, 5) is 0. The molecule has 0 unspecified atom stereocenters. The van der Waals surface area contributed by atoms with Gasteiger partial charge in [0.15, 0.2) is 0 Å². The quantitative estimate of drug-likeness (QED) is 0.351.